The van der Waals surface area contributed by atoms with Crippen molar-refractivity contribution >= 4 is 33.6 Å². The van der Waals surface area contributed by atoms with Crippen LogP contribution in [0, 0.1) is 0 Å². The Morgan fingerprint density at radius 2 is 2.10 bits per heavy atom. The highest BCUT2D eigenvalue weighted by molar-refractivity contribution is 9.10. The Labute approximate surface area is 136 Å². The van der Waals surface area contributed by atoms with Crippen molar-refractivity contribution in [3.63, 3.8) is 0 Å². The maximum absolute atomic E-state index is 12.1. The zero-order valence-corrected chi connectivity index (χ0v) is 13.9. The zero-order valence-electron chi connectivity index (χ0n) is 11.5. The van der Waals surface area contributed by atoms with Gasteiger partial charge in [-0.15, -0.1) is 0 Å². The lowest BCUT2D eigenvalue weighted by Crippen LogP contribution is -2.30. The SMILES string of the molecule is O=C1NCCCCC1Sc1nccn1-c1ccc(Br)cc1. The Bertz CT molecular complexity index is 626. The molecular formula is C15H16BrN3OS. The van der Waals surface area contributed by atoms with Gasteiger partial charge in [-0.2, -0.15) is 0 Å². The second-order valence-corrected chi connectivity index (χ2v) is 7.04. The van der Waals surface area contributed by atoms with E-state index in [-0.39, 0.29) is 11.2 Å². The highest BCUT2D eigenvalue weighted by atomic mass is 79.9. The first-order valence-electron chi connectivity index (χ1n) is 6.98. The Kier molecular flexibility index (Phi) is 4.65. The molecule has 2 heterocycles. The second kappa shape index (κ2) is 6.66. The van der Waals surface area contributed by atoms with Crippen LogP contribution in [0.4, 0.5) is 0 Å². The summed E-state index contributed by atoms with van der Waals surface area (Å²) in [7, 11) is 0. The number of carbonyl (C=O) groups excluding carboxylic acids is 1. The topological polar surface area (TPSA) is 46.9 Å². The number of nitrogens with zero attached hydrogens (tertiary/aromatic N) is 2. The molecule has 3 rings (SSSR count). The molecule has 2 aromatic rings. The van der Waals surface area contributed by atoms with Crippen LogP contribution in [0.5, 0.6) is 0 Å². The minimum atomic E-state index is -0.0518. The van der Waals surface area contributed by atoms with Crippen molar-refractivity contribution in [2.45, 2.75) is 29.7 Å². The molecule has 6 heteroatoms. The van der Waals surface area contributed by atoms with Crippen molar-refractivity contribution in [1.82, 2.24) is 14.9 Å². The van der Waals surface area contributed by atoms with E-state index in [1.165, 1.54) is 0 Å². The molecule has 0 bridgehead atoms. The molecule has 1 aromatic carbocycles. The third-order valence-electron chi connectivity index (χ3n) is 3.44. The van der Waals surface area contributed by atoms with E-state index < -0.39 is 0 Å². The summed E-state index contributed by atoms with van der Waals surface area (Å²) in [5, 5.41) is 3.78. The number of hydrogen-bond donors (Lipinski definition) is 1. The number of hydrogen-bond acceptors (Lipinski definition) is 3. The van der Waals surface area contributed by atoms with E-state index in [1.807, 2.05) is 35.0 Å². The Balaban J connectivity index is 1.82. The lowest BCUT2D eigenvalue weighted by Gasteiger charge is -2.13. The number of rotatable bonds is 3. The van der Waals surface area contributed by atoms with Gasteiger partial charge < -0.3 is 5.32 Å². The number of carbonyl (C=O) groups is 1. The number of amides is 1. The summed E-state index contributed by atoms with van der Waals surface area (Å²) < 4.78 is 3.07. The maximum Gasteiger partial charge on any atom is 0.233 e. The molecule has 1 aliphatic rings. The number of halogens is 1. The van der Waals surface area contributed by atoms with Crippen LogP contribution in [-0.2, 0) is 4.79 Å². The summed E-state index contributed by atoms with van der Waals surface area (Å²) in [6, 6.07) is 8.07. The van der Waals surface area contributed by atoms with E-state index in [1.54, 1.807) is 18.0 Å². The van der Waals surface area contributed by atoms with Crippen LogP contribution in [0.2, 0.25) is 0 Å². The van der Waals surface area contributed by atoms with E-state index in [4.69, 9.17) is 0 Å². The standard InChI is InChI=1S/C15H16BrN3OS/c16-11-4-6-12(7-5-11)19-10-9-18-15(19)21-13-3-1-2-8-17-14(13)20/h4-7,9-10,13H,1-3,8H2,(H,17,20). The van der Waals surface area contributed by atoms with Crippen LogP contribution < -0.4 is 5.32 Å². The number of aromatic nitrogens is 2. The first kappa shape index (κ1) is 14.7. The molecule has 1 N–H and O–H groups in total. The second-order valence-electron chi connectivity index (χ2n) is 4.95. The van der Waals surface area contributed by atoms with Crippen molar-refractivity contribution in [1.29, 1.82) is 0 Å². The van der Waals surface area contributed by atoms with Crippen molar-refractivity contribution in [3.05, 3.63) is 41.1 Å². The molecule has 0 radical (unpaired) electrons. The molecule has 110 valence electrons. The van der Waals surface area contributed by atoms with Crippen LogP contribution in [0.15, 0.2) is 46.3 Å². The lowest BCUT2D eigenvalue weighted by atomic mass is 10.2. The van der Waals surface area contributed by atoms with Gasteiger partial charge in [-0.1, -0.05) is 34.1 Å². The number of benzene rings is 1. The summed E-state index contributed by atoms with van der Waals surface area (Å²) in [5.41, 5.74) is 1.05. The number of nitrogens with one attached hydrogen (secondary N) is 1. The molecule has 21 heavy (non-hydrogen) atoms. The molecule has 1 unspecified atom stereocenters. The molecule has 1 atom stereocenters. The van der Waals surface area contributed by atoms with Gasteiger partial charge in [0.15, 0.2) is 5.16 Å². The smallest absolute Gasteiger partial charge is 0.233 e. The van der Waals surface area contributed by atoms with Gasteiger partial charge >= 0.3 is 0 Å². The fraction of sp³-hybridized carbons (Fsp3) is 0.333. The van der Waals surface area contributed by atoms with Crippen molar-refractivity contribution in [2.24, 2.45) is 0 Å². The predicted molar refractivity (Wildman–Crippen MR) is 87.8 cm³/mol. The monoisotopic (exact) mass is 365 g/mol. The zero-order chi connectivity index (χ0) is 14.7. The molecule has 1 aromatic heterocycles. The highest BCUT2D eigenvalue weighted by Crippen LogP contribution is 2.29. The van der Waals surface area contributed by atoms with Crippen molar-refractivity contribution in [2.75, 3.05) is 6.54 Å². The predicted octanol–water partition coefficient (Wildman–Crippen LogP) is 3.40. The van der Waals surface area contributed by atoms with Gasteiger partial charge in [0.05, 0.1) is 5.25 Å². The molecule has 0 saturated carbocycles. The van der Waals surface area contributed by atoms with Gasteiger partial charge in [0, 0.05) is 29.1 Å². The van der Waals surface area contributed by atoms with E-state index in [2.05, 4.69) is 26.2 Å². The fourth-order valence-electron chi connectivity index (χ4n) is 2.33. The Morgan fingerprint density at radius 1 is 1.29 bits per heavy atom. The summed E-state index contributed by atoms with van der Waals surface area (Å²) in [6.45, 7) is 0.789. The molecule has 1 amide bonds. The highest BCUT2D eigenvalue weighted by Gasteiger charge is 2.23. The first-order valence-corrected chi connectivity index (χ1v) is 8.65. The van der Waals surface area contributed by atoms with Crippen LogP contribution in [0.25, 0.3) is 5.69 Å². The Hall–Kier alpha value is -1.27. The molecule has 1 saturated heterocycles. The molecular weight excluding hydrogens is 350 g/mol. The molecule has 0 spiro atoms. The summed E-state index contributed by atoms with van der Waals surface area (Å²) in [6.07, 6.45) is 6.75. The van der Waals surface area contributed by atoms with Gasteiger partial charge in [-0.05, 0) is 37.1 Å². The largest absolute Gasteiger partial charge is 0.355 e. The van der Waals surface area contributed by atoms with Crippen LogP contribution >= 0.6 is 27.7 Å². The molecule has 1 fully saturated rings. The number of thioether (sulfide) groups is 1. The lowest BCUT2D eigenvalue weighted by molar-refractivity contribution is -0.120. The first-order chi connectivity index (χ1) is 10.2. The normalized spacial score (nSPS) is 19.1. The minimum absolute atomic E-state index is 0.0518. The van der Waals surface area contributed by atoms with Gasteiger partial charge in [0.25, 0.3) is 0 Å². The van der Waals surface area contributed by atoms with Gasteiger partial charge in [0.2, 0.25) is 5.91 Å². The van der Waals surface area contributed by atoms with E-state index in [0.717, 1.165) is 41.1 Å². The summed E-state index contributed by atoms with van der Waals surface area (Å²) >= 11 is 4.99. The van der Waals surface area contributed by atoms with Crippen molar-refractivity contribution < 1.29 is 4.79 Å². The van der Waals surface area contributed by atoms with E-state index >= 15 is 0 Å². The Morgan fingerprint density at radius 3 is 2.90 bits per heavy atom. The summed E-state index contributed by atoms with van der Waals surface area (Å²) in [4.78, 5) is 16.5. The van der Waals surface area contributed by atoms with Crippen LogP contribution in [-0.4, -0.2) is 27.3 Å². The average Bonchev–Trinajstić information content (AvgIpc) is 2.85. The third-order valence-corrected chi connectivity index (χ3v) is 5.22. The van der Waals surface area contributed by atoms with Gasteiger partial charge in [-0.3, -0.25) is 9.36 Å². The molecule has 1 aliphatic heterocycles. The molecule has 0 aliphatic carbocycles. The van der Waals surface area contributed by atoms with Gasteiger partial charge in [0.1, 0.15) is 0 Å². The quantitative estimate of drug-likeness (QED) is 0.906. The van der Waals surface area contributed by atoms with E-state index in [0.29, 0.717) is 0 Å². The van der Waals surface area contributed by atoms with Crippen molar-refractivity contribution in [3.8, 4) is 5.69 Å². The fourth-order valence-corrected chi connectivity index (χ4v) is 3.72. The van der Waals surface area contributed by atoms with Gasteiger partial charge in [-0.25, -0.2) is 4.98 Å². The van der Waals surface area contributed by atoms with Crippen LogP contribution in [0.3, 0.4) is 0 Å². The summed E-state index contributed by atoms with van der Waals surface area (Å²) in [5.74, 6) is 0.128. The average molecular weight is 366 g/mol. The molecule has 4 nitrogen and oxygen atoms in total. The maximum atomic E-state index is 12.1. The van der Waals surface area contributed by atoms with Crippen LogP contribution in [0.1, 0.15) is 19.3 Å². The third kappa shape index (κ3) is 3.49. The van der Waals surface area contributed by atoms with E-state index in [9.17, 15) is 4.79 Å². The minimum Gasteiger partial charge on any atom is -0.355 e. The number of imidazole rings is 1.